The monoisotopic (exact) mass is 332 g/mol. The van der Waals surface area contributed by atoms with Crippen LogP contribution in [0.1, 0.15) is 5.56 Å². The van der Waals surface area contributed by atoms with E-state index in [1.807, 2.05) is 0 Å². The van der Waals surface area contributed by atoms with Crippen LogP contribution < -0.4 is 4.74 Å². The van der Waals surface area contributed by atoms with Crippen LogP contribution in [0.2, 0.25) is 5.02 Å². The molecule has 0 amide bonds. The lowest BCUT2D eigenvalue weighted by molar-refractivity contribution is 0.305. The Morgan fingerprint density at radius 3 is 2.56 bits per heavy atom. The van der Waals surface area contributed by atoms with Gasteiger partial charge in [-0.1, -0.05) is 33.6 Å². The minimum absolute atomic E-state index is 0.00525. The number of ether oxygens (including phenoxy) is 1. The van der Waals surface area contributed by atoms with Gasteiger partial charge in [-0.3, -0.25) is 0 Å². The van der Waals surface area contributed by atoms with Crippen LogP contribution in [0.4, 0.5) is 8.78 Å². The summed E-state index contributed by atoms with van der Waals surface area (Å²) in [5, 5.41) is 0.00525. The molecule has 0 unspecified atom stereocenters. The molecule has 0 atom stereocenters. The topological polar surface area (TPSA) is 9.23 Å². The van der Waals surface area contributed by atoms with Gasteiger partial charge in [-0.2, -0.15) is 0 Å². The van der Waals surface area contributed by atoms with Gasteiger partial charge in [0.25, 0.3) is 0 Å². The van der Waals surface area contributed by atoms with E-state index in [2.05, 4.69) is 15.9 Å². The third-order valence-electron chi connectivity index (χ3n) is 2.30. The lowest BCUT2D eigenvalue weighted by Gasteiger charge is -2.08. The van der Waals surface area contributed by atoms with Gasteiger partial charge < -0.3 is 4.74 Å². The lowest BCUT2D eigenvalue weighted by atomic mass is 10.2. The first-order valence-corrected chi connectivity index (χ1v) is 6.25. The van der Waals surface area contributed by atoms with Crippen molar-refractivity contribution in [3.63, 3.8) is 0 Å². The van der Waals surface area contributed by atoms with Crippen LogP contribution in [0, 0.1) is 11.6 Å². The molecule has 0 spiro atoms. The normalized spacial score (nSPS) is 10.4. The van der Waals surface area contributed by atoms with Gasteiger partial charge in [0.1, 0.15) is 24.0 Å². The molecule has 0 fully saturated rings. The van der Waals surface area contributed by atoms with Gasteiger partial charge in [-0.15, -0.1) is 0 Å². The lowest BCUT2D eigenvalue weighted by Crippen LogP contribution is -1.97. The predicted molar refractivity (Wildman–Crippen MR) is 69.8 cm³/mol. The first-order chi connectivity index (χ1) is 8.56. The Balaban J connectivity index is 2.09. The number of hydrogen-bond donors (Lipinski definition) is 0. The Labute approximate surface area is 116 Å². The molecule has 0 saturated heterocycles. The third kappa shape index (κ3) is 3.21. The molecular weight excluding hydrogens is 325 g/mol. The highest BCUT2D eigenvalue weighted by atomic mass is 79.9. The maximum absolute atomic E-state index is 12.9. The van der Waals surface area contributed by atoms with E-state index in [4.69, 9.17) is 16.3 Å². The molecule has 0 aromatic heterocycles. The van der Waals surface area contributed by atoms with Gasteiger partial charge in [0, 0.05) is 16.1 Å². The fourth-order valence-corrected chi connectivity index (χ4v) is 2.00. The fourth-order valence-electron chi connectivity index (χ4n) is 1.37. The van der Waals surface area contributed by atoms with E-state index >= 15 is 0 Å². The molecule has 5 heteroatoms. The van der Waals surface area contributed by atoms with Crippen molar-refractivity contribution < 1.29 is 13.5 Å². The summed E-state index contributed by atoms with van der Waals surface area (Å²) in [5.74, 6) is -0.361. The maximum atomic E-state index is 12.9. The summed E-state index contributed by atoms with van der Waals surface area (Å²) in [4.78, 5) is 0. The summed E-state index contributed by atoms with van der Waals surface area (Å²) in [6.45, 7) is 0.239. The number of halogens is 4. The van der Waals surface area contributed by atoms with E-state index in [0.717, 1.165) is 5.56 Å². The Bertz CT molecular complexity index is 575. The fraction of sp³-hybridized carbons (Fsp3) is 0.0769. The minimum Gasteiger partial charge on any atom is -0.489 e. The van der Waals surface area contributed by atoms with E-state index < -0.39 is 5.82 Å². The molecule has 94 valence electrons. The van der Waals surface area contributed by atoms with E-state index in [-0.39, 0.29) is 17.4 Å². The molecule has 0 heterocycles. The van der Waals surface area contributed by atoms with Crippen molar-refractivity contribution >= 4 is 27.5 Å². The van der Waals surface area contributed by atoms with E-state index in [0.29, 0.717) is 10.2 Å². The van der Waals surface area contributed by atoms with E-state index in [1.165, 1.54) is 30.3 Å². The van der Waals surface area contributed by atoms with E-state index in [9.17, 15) is 8.78 Å². The van der Waals surface area contributed by atoms with Crippen LogP contribution in [-0.2, 0) is 6.61 Å². The van der Waals surface area contributed by atoms with Crippen molar-refractivity contribution in [2.24, 2.45) is 0 Å². The van der Waals surface area contributed by atoms with Crippen LogP contribution in [0.25, 0.3) is 0 Å². The summed E-state index contributed by atoms with van der Waals surface area (Å²) in [6, 6.07) is 8.44. The van der Waals surface area contributed by atoms with Crippen molar-refractivity contribution in [3.05, 3.63) is 63.1 Å². The summed E-state index contributed by atoms with van der Waals surface area (Å²) in [5.41, 5.74) is 0.789. The Kier molecular flexibility index (Phi) is 4.19. The van der Waals surface area contributed by atoms with Crippen LogP contribution in [-0.4, -0.2) is 0 Å². The molecule has 0 aliphatic heterocycles. The van der Waals surface area contributed by atoms with Gasteiger partial charge >= 0.3 is 0 Å². The molecular formula is C13H8BrClF2O. The van der Waals surface area contributed by atoms with Crippen molar-refractivity contribution in [3.8, 4) is 5.75 Å². The maximum Gasteiger partial charge on any atom is 0.142 e. The van der Waals surface area contributed by atoms with Crippen LogP contribution in [0.15, 0.2) is 40.9 Å². The van der Waals surface area contributed by atoms with Gasteiger partial charge in [0.2, 0.25) is 0 Å². The zero-order valence-electron chi connectivity index (χ0n) is 9.09. The average molecular weight is 334 g/mol. The summed E-state index contributed by atoms with van der Waals surface area (Å²) in [7, 11) is 0. The third-order valence-corrected chi connectivity index (χ3v) is 3.33. The van der Waals surface area contributed by atoms with Gasteiger partial charge in [-0.05, 0) is 24.3 Å². The molecule has 0 aliphatic carbocycles. The molecule has 0 aliphatic rings. The summed E-state index contributed by atoms with van der Waals surface area (Å²) < 4.78 is 31.9. The highest BCUT2D eigenvalue weighted by Crippen LogP contribution is 2.24. The molecule has 1 nitrogen and oxygen atoms in total. The molecule has 0 bridgehead atoms. The second-order valence-corrected chi connectivity index (χ2v) is 4.86. The average Bonchev–Trinajstić information content (AvgIpc) is 2.32. The number of hydrogen-bond acceptors (Lipinski definition) is 1. The molecule has 2 aromatic rings. The molecule has 0 saturated carbocycles. The second kappa shape index (κ2) is 5.67. The van der Waals surface area contributed by atoms with Crippen molar-refractivity contribution in [2.45, 2.75) is 6.61 Å². The standard InChI is InChI=1S/C13H8BrClF2O/c14-11-5-9(16)2-1-8(11)7-18-10-3-4-13(17)12(15)6-10/h1-6H,7H2. The second-order valence-electron chi connectivity index (χ2n) is 3.60. The van der Waals surface area contributed by atoms with Crippen molar-refractivity contribution in [1.82, 2.24) is 0 Å². The van der Waals surface area contributed by atoms with Gasteiger partial charge in [-0.25, -0.2) is 8.78 Å². The largest absolute Gasteiger partial charge is 0.489 e. The smallest absolute Gasteiger partial charge is 0.142 e. The minimum atomic E-state index is -0.494. The van der Waals surface area contributed by atoms with Crippen molar-refractivity contribution in [2.75, 3.05) is 0 Å². The first kappa shape index (κ1) is 13.3. The highest BCUT2D eigenvalue weighted by Gasteiger charge is 2.05. The van der Waals surface area contributed by atoms with Crippen molar-refractivity contribution in [1.29, 1.82) is 0 Å². The quantitative estimate of drug-likeness (QED) is 0.771. The Hall–Kier alpha value is -1.13. The van der Waals surface area contributed by atoms with Crippen LogP contribution >= 0.6 is 27.5 Å². The highest BCUT2D eigenvalue weighted by molar-refractivity contribution is 9.10. The summed E-state index contributed by atoms with van der Waals surface area (Å²) >= 11 is 8.87. The van der Waals surface area contributed by atoms with Crippen LogP contribution in [0.3, 0.4) is 0 Å². The zero-order valence-corrected chi connectivity index (χ0v) is 11.4. The van der Waals surface area contributed by atoms with Crippen LogP contribution in [0.5, 0.6) is 5.75 Å². The SMILES string of the molecule is Fc1ccc(COc2ccc(F)c(Cl)c2)c(Br)c1. The molecule has 0 radical (unpaired) electrons. The zero-order chi connectivity index (χ0) is 13.1. The molecule has 2 aromatic carbocycles. The van der Waals surface area contributed by atoms with Gasteiger partial charge in [0.05, 0.1) is 5.02 Å². The first-order valence-electron chi connectivity index (χ1n) is 5.08. The Morgan fingerprint density at radius 1 is 1.11 bits per heavy atom. The number of rotatable bonds is 3. The molecule has 18 heavy (non-hydrogen) atoms. The van der Waals surface area contributed by atoms with E-state index in [1.54, 1.807) is 6.07 Å². The Morgan fingerprint density at radius 2 is 1.89 bits per heavy atom. The molecule has 0 N–H and O–H groups in total. The predicted octanol–water partition coefficient (Wildman–Crippen LogP) is 4.96. The molecule has 2 rings (SSSR count). The van der Waals surface area contributed by atoms with Gasteiger partial charge in [0.15, 0.2) is 0 Å². The summed E-state index contributed by atoms with van der Waals surface area (Å²) in [6.07, 6.45) is 0. The number of benzene rings is 2.